The molecule has 0 radical (unpaired) electrons. The minimum absolute atomic E-state index is 0.297. The second-order valence-electron chi connectivity index (χ2n) is 6.52. The number of benzene rings is 1. The number of piperidine rings is 1. The van der Waals surface area contributed by atoms with Crippen LogP contribution in [-0.2, 0) is 4.79 Å². The molecule has 0 atom stereocenters. The Morgan fingerprint density at radius 1 is 1.26 bits per heavy atom. The molecule has 1 aromatic carbocycles. The maximum atomic E-state index is 12.2. The van der Waals surface area contributed by atoms with Crippen molar-refractivity contribution in [1.82, 2.24) is 10.2 Å². The Balaban J connectivity index is 1.62. The standard InChI is InChI=1S/C19H30N2O2/c1-15-7-8-16(2)18(14-15)23-13-5-4-6-19(22)21-11-9-17(20-3)10-12-21/h7-8,14,17,20H,4-6,9-13H2,1-3H3. The van der Waals surface area contributed by atoms with Gasteiger partial charge in [0, 0.05) is 25.6 Å². The highest BCUT2D eigenvalue weighted by atomic mass is 16.5. The summed E-state index contributed by atoms with van der Waals surface area (Å²) >= 11 is 0. The fraction of sp³-hybridized carbons (Fsp3) is 0.632. The maximum Gasteiger partial charge on any atom is 0.222 e. The zero-order valence-corrected chi connectivity index (χ0v) is 14.7. The molecule has 0 aromatic heterocycles. The summed E-state index contributed by atoms with van der Waals surface area (Å²) in [5, 5.41) is 3.29. The van der Waals surface area contributed by atoms with Gasteiger partial charge < -0.3 is 15.0 Å². The van der Waals surface area contributed by atoms with Gasteiger partial charge in [-0.25, -0.2) is 0 Å². The molecule has 0 bridgehead atoms. The van der Waals surface area contributed by atoms with Crippen molar-refractivity contribution < 1.29 is 9.53 Å². The lowest BCUT2D eigenvalue weighted by Crippen LogP contribution is -2.43. The largest absolute Gasteiger partial charge is 0.493 e. The van der Waals surface area contributed by atoms with Crippen molar-refractivity contribution in [2.24, 2.45) is 0 Å². The average Bonchev–Trinajstić information content (AvgIpc) is 2.57. The second-order valence-corrected chi connectivity index (χ2v) is 6.52. The first-order valence-electron chi connectivity index (χ1n) is 8.75. The summed E-state index contributed by atoms with van der Waals surface area (Å²) in [7, 11) is 2.00. The van der Waals surface area contributed by atoms with Gasteiger partial charge in [0.2, 0.25) is 5.91 Å². The summed E-state index contributed by atoms with van der Waals surface area (Å²) in [4.78, 5) is 14.2. The molecule has 1 aliphatic heterocycles. The highest BCUT2D eigenvalue weighted by molar-refractivity contribution is 5.76. The van der Waals surface area contributed by atoms with E-state index in [-0.39, 0.29) is 0 Å². The summed E-state index contributed by atoms with van der Waals surface area (Å²) < 4.78 is 5.84. The third-order valence-electron chi connectivity index (χ3n) is 4.64. The van der Waals surface area contributed by atoms with E-state index in [0.29, 0.717) is 25.0 Å². The van der Waals surface area contributed by atoms with Crippen molar-refractivity contribution in [1.29, 1.82) is 0 Å². The Morgan fingerprint density at radius 3 is 2.70 bits per heavy atom. The van der Waals surface area contributed by atoms with Crippen LogP contribution in [0.15, 0.2) is 18.2 Å². The van der Waals surface area contributed by atoms with Crippen LogP contribution >= 0.6 is 0 Å². The molecule has 23 heavy (non-hydrogen) atoms. The molecule has 1 N–H and O–H groups in total. The van der Waals surface area contributed by atoms with E-state index in [2.05, 4.69) is 37.4 Å². The summed E-state index contributed by atoms with van der Waals surface area (Å²) in [6, 6.07) is 6.83. The predicted molar refractivity (Wildman–Crippen MR) is 93.9 cm³/mol. The van der Waals surface area contributed by atoms with Crippen molar-refractivity contribution in [3.8, 4) is 5.75 Å². The molecular weight excluding hydrogens is 288 g/mol. The zero-order valence-electron chi connectivity index (χ0n) is 14.7. The number of nitrogens with one attached hydrogen (secondary N) is 1. The Labute approximate surface area is 140 Å². The van der Waals surface area contributed by atoms with Crippen molar-refractivity contribution in [3.63, 3.8) is 0 Å². The van der Waals surface area contributed by atoms with Gasteiger partial charge in [-0.05, 0) is 63.8 Å². The van der Waals surface area contributed by atoms with Crippen LogP contribution < -0.4 is 10.1 Å². The second kappa shape index (κ2) is 8.92. The lowest BCUT2D eigenvalue weighted by atomic mass is 10.0. The van der Waals surface area contributed by atoms with Gasteiger partial charge in [0.1, 0.15) is 5.75 Å². The molecule has 1 saturated heterocycles. The smallest absolute Gasteiger partial charge is 0.222 e. The molecule has 0 spiro atoms. The minimum Gasteiger partial charge on any atom is -0.493 e. The summed E-state index contributed by atoms with van der Waals surface area (Å²) in [6.07, 6.45) is 4.60. The van der Waals surface area contributed by atoms with Gasteiger partial charge in [-0.1, -0.05) is 12.1 Å². The van der Waals surface area contributed by atoms with E-state index in [1.54, 1.807) is 0 Å². The highest BCUT2D eigenvalue weighted by Gasteiger charge is 2.21. The molecular formula is C19H30N2O2. The molecule has 1 amide bonds. The molecule has 4 nitrogen and oxygen atoms in total. The number of hydrogen-bond donors (Lipinski definition) is 1. The van der Waals surface area contributed by atoms with Crippen molar-refractivity contribution >= 4 is 5.91 Å². The number of unbranched alkanes of at least 4 members (excludes halogenated alkanes) is 1. The van der Waals surface area contributed by atoms with Crippen LogP contribution in [0.4, 0.5) is 0 Å². The maximum absolute atomic E-state index is 12.2. The molecule has 1 heterocycles. The summed E-state index contributed by atoms with van der Waals surface area (Å²) in [5.41, 5.74) is 2.38. The number of aryl methyl sites for hydroxylation is 2. The molecule has 1 aromatic rings. The quantitative estimate of drug-likeness (QED) is 0.786. The molecule has 0 unspecified atom stereocenters. The average molecular weight is 318 g/mol. The highest BCUT2D eigenvalue weighted by Crippen LogP contribution is 2.19. The number of nitrogens with zero attached hydrogens (tertiary/aromatic N) is 1. The molecule has 0 aliphatic carbocycles. The van der Waals surface area contributed by atoms with Crippen LogP contribution in [0.3, 0.4) is 0 Å². The Bertz CT molecular complexity index is 508. The van der Waals surface area contributed by atoms with Crippen LogP contribution in [0.2, 0.25) is 0 Å². The number of hydrogen-bond acceptors (Lipinski definition) is 3. The molecule has 0 saturated carbocycles. The van der Waals surface area contributed by atoms with Crippen molar-refractivity contribution in [2.75, 3.05) is 26.7 Å². The van der Waals surface area contributed by atoms with Crippen molar-refractivity contribution in [3.05, 3.63) is 29.3 Å². The zero-order chi connectivity index (χ0) is 16.7. The van der Waals surface area contributed by atoms with Crippen LogP contribution in [0.25, 0.3) is 0 Å². The van der Waals surface area contributed by atoms with Gasteiger partial charge in [0.25, 0.3) is 0 Å². The fourth-order valence-electron chi connectivity index (χ4n) is 3.00. The van der Waals surface area contributed by atoms with Crippen LogP contribution in [0.5, 0.6) is 5.75 Å². The first kappa shape index (κ1) is 17.8. The molecule has 1 fully saturated rings. The number of amides is 1. The van der Waals surface area contributed by atoms with E-state index in [1.807, 2.05) is 11.9 Å². The van der Waals surface area contributed by atoms with Gasteiger partial charge in [-0.15, -0.1) is 0 Å². The first-order chi connectivity index (χ1) is 11.1. The Morgan fingerprint density at radius 2 is 2.00 bits per heavy atom. The fourth-order valence-corrected chi connectivity index (χ4v) is 3.00. The van der Waals surface area contributed by atoms with E-state index >= 15 is 0 Å². The third kappa shape index (κ3) is 5.54. The van der Waals surface area contributed by atoms with Crippen LogP contribution in [0.1, 0.15) is 43.2 Å². The van der Waals surface area contributed by atoms with Gasteiger partial charge in [0.15, 0.2) is 0 Å². The number of carbonyl (C=O) groups excluding carboxylic acids is 1. The number of ether oxygens (including phenoxy) is 1. The lowest BCUT2D eigenvalue weighted by Gasteiger charge is -2.31. The predicted octanol–water partition coefficient (Wildman–Crippen LogP) is 3.06. The molecule has 2 rings (SSSR count). The molecule has 1 aliphatic rings. The lowest BCUT2D eigenvalue weighted by molar-refractivity contribution is -0.132. The SMILES string of the molecule is CNC1CCN(C(=O)CCCCOc2cc(C)ccc2C)CC1. The monoisotopic (exact) mass is 318 g/mol. The third-order valence-corrected chi connectivity index (χ3v) is 4.64. The normalized spacial score (nSPS) is 15.7. The Kier molecular flexibility index (Phi) is 6.90. The van der Waals surface area contributed by atoms with E-state index in [4.69, 9.17) is 4.74 Å². The summed E-state index contributed by atoms with van der Waals surface area (Å²) in [5.74, 6) is 1.26. The van der Waals surface area contributed by atoms with E-state index < -0.39 is 0 Å². The summed E-state index contributed by atoms with van der Waals surface area (Å²) in [6.45, 7) is 6.60. The van der Waals surface area contributed by atoms with E-state index in [0.717, 1.165) is 44.5 Å². The van der Waals surface area contributed by atoms with Gasteiger partial charge in [-0.3, -0.25) is 4.79 Å². The Hall–Kier alpha value is -1.55. The van der Waals surface area contributed by atoms with Crippen molar-refractivity contribution in [2.45, 2.75) is 52.0 Å². The topological polar surface area (TPSA) is 41.6 Å². The van der Waals surface area contributed by atoms with Crippen LogP contribution in [-0.4, -0.2) is 43.6 Å². The van der Waals surface area contributed by atoms with E-state index in [9.17, 15) is 4.79 Å². The van der Waals surface area contributed by atoms with Crippen LogP contribution in [0, 0.1) is 13.8 Å². The number of rotatable bonds is 7. The van der Waals surface area contributed by atoms with Gasteiger partial charge in [-0.2, -0.15) is 0 Å². The van der Waals surface area contributed by atoms with E-state index in [1.165, 1.54) is 11.1 Å². The molecule has 128 valence electrons. The minimum atomic E-state index is 0.297. The number of likely N-dealkylation sites (tertiary alicyclic amines) is 1. The van der Waals surface area contributed by atoms with Gasteiger partial charge >= 0.3 is 0 Å². The first-order valence-corrected chi connectivity index (χ1v) is 8.75. The number of carbonyl (C=O) groups is 1. The molecule has 4 heteroatoms. The van der Waals surface area contributed by atoms with Gasteiger partial charge in [0.05, 0.1) is 6.61 Å².